The van der Waals surface area contributed by atoms with Gasteiger partial charge in [-0.05, 0) is 49.8 Å². The lowest BCUT2D eigenvalue weighted by atomic mass is 10.1. The van der Waals surface area contributed by atoms with Crippen LogP contribution in [0.3, 0.4) is 0 Å². The quantitative estimate of drug-likeness (QED) is 0.592. The molecule has 0 aromatic heterocycles. The van der Waals surface area contributed by atoms with Gasteiger partial charge in [0.25, 0.3) is 0 Å². The van der Waals surface area contributed by atoms with Gasteiger partial charge in [0.15, 0.2) is 0 Å². The van der Waals surface area contributed by atoms with E-state index in [2.05, 4.69) is 17.2 Å². The Morgan fingerprint density at radius 2 is 2.08 bits per heavy atom. The summed E-state index contributed by atoms with van der Waals surface area (Å²) in [5.74, 6) is 7.11. The molecule has 1 saturated carbocycles. The van der Waals surface area contributed by atoms with Crippen molar-refractivity contribution in [2.24, 2.45) is 11.7 Å². The summed E-state index contributed by atoms with van der Waals surface area (Å²) in [5, 5.41) is 3.20. The van der Waals surface area contributed by atoms with Crippen molar-refractivity contribution in [3.05, 3.63) is 41.6 Å². The van der Waals surface area contributed by atoms with Gasteiger partial charge in [-0.1, -0.05) is 24.0 Å². The molecule has 134 valence electrons. The first kappa shape index (κ1) is 17.8. The molecule has 2 fully saturated rings. The van der Waals surface area contributed by atoms with E-state index in [-0.39, 0.29) is 6.10 Å². The molecule has 3 rings (SSSR count). The maximum Gasteiger partial charge on any atom is 0.0808 e. The second-order valence-corrected chi connectivity index (χ2v) is 6.74. The van der Waals surface area contributed by atoms with Crippen LogP contribution in [0.15, 0.2) is 30.5 Å². The van der Waals surface area contributed by atoms with E-state index in [0.29, 0.717) is 19.1 Å². The molecular weight excluding hydrogens is 312 g/mol. The molecule has 0 bridgehead atoms. The Kier molecular flexibility index (Phi) is 6.79. The lowest BCUT2D eigenvalue weighted by Crippen LogP contribution is -2.26. The first-order chi connectivity index (χ1) is 12.3. The molecule has 2 aliphatic rings. The van der Waals surface area contributed by atoms with Gasteiger partial charge in [0, 0.05) is 30.8 Å². The Balaban J connectivity index is 1.34. The maximum absolute atomic E-state index is 6.11. The smallest absolute Gasteiger partial charge is 0.0808 e. The molecule has 0 radical (unpaired) electrons. The number of hydrogen-bond donors (Lipinski definition) is 2. The number of nitrogens with two attached hydrogens (primary N) is 1. The highest BCUT2D eigenvalue weighted by Gasteiger charge is 2.17. The topological polar surface area (TPSA) is 56.5 Å². The molecule has 4 heteroatoms. The molecule has 1 heterocycles. The summed E-state index contributed by atoms with van der Waals surface area (Å²) in [4.78, 5) is 0. The summed E-state index contributed by atoms with van der Waals surface area (Å²) in [6.45, 7) is 2.94. The second-order valence-electron chi connectivity index (χ2n) is 6.74. The Morgan fingerprint density at radius 3 is 2.80 bits per heavy atom. The van der Waals surface area contributed by atoms with Gasteiger partial charge in [-0.2, -0.15) is 0 Å². The average Bonchev–Trinajstić information content (AvgIpc) is 3.48. The minimum absolute atomic E-state index is 0.274. The fourth-order valence-corrected chi connectivity index (χ4v) is 2.71. The maximum atomic E-state index is 6.11. The molecule has 25 heavy (non-hydrogen) atoms. The zero-order chi connectivity index (χ0) is 17.3. The van der Waals surface area contributed by atoms with Crippen LogP contribution in [-0.2, 0) is 9.47 Å². The number of rotatable bonds is 7. The van der Waals surface area contributed by atoms with E-state index < -0.39 is 0 Å². The van der Waals surface area contributed by atoms with Gasteiger partial charge in [-0.25, -0.2) is 0 Å². The van der Waals surface area contributed by atoms with Crippen LogP contribution in [0.5, 0.6) is 0 Å². The van der Waals surface area contributed by atoms with Crippen molar-refractivity contribution in [1.82, 2.24) is 5.32 Å². The van der Waals surface area contributed by atoms with Gasteiger partial charge in [0.2, 0.25) is 0 Å². The van der Waals surface area contributed by atoms with Crippen molar-refractivity contribution in [2.75, 3.05) is 26.4 Å². The van der Waals surface area contributed by atoms with E-state index in [0.717, 1.165) is 36.4 Å². The van der Waals surface area contributed by atoms with E-state index in [9.17, 15) is 0 Å². The van der Waals surface area contributed by atoms with Crippen LogP contribution >= 0.6 is 0 Å². The largest absolute Gasteiger partial charge is 0.397 e. The molecule has 1 aliphatic carbocycles. The van der Waals surface area contributed by atoms with Crippen molar-refractivity contribution in [2.45, 2.75) is 38.2 Å². The normalized spacial score (nSPS) is 20.6. The molecule has 1 saturated heterocycles. The van der Waals surface area contributed by atoms with Crippen molar-refractivity contribution in [1.29, 1.82) is 0 Å². The SMILES string of the molecule is N/C(=C\NCCOCC1CCCCO1)c1ccc(C#CC2CC2)cc1. The first-order valence-electron chi connectivity index (χ1n) is 9.31. The number of hydrogen-bond acceptors (Lipinski definition) is 4. The van der Waals surface area contributed by atoms with Crippen LogP contribution < -0.4 is 11.1 Å². The lowest BCUT2D eigenvalue weighted by molar-refractivity contribution is -0.0396. The highest BCUT2D eigenvalue weighted by atomic mass is 16.5. The number of benzene rings is 1. The average molecular weight is 340 g/mol. The molecule has 4 nitrogen and oxygen atoms in total. The third-order valence-electron chi connectivity index (χ3n) is 4.44. The highest BCUT2D eigenvalue weighted by molar-refractivity contribution is 5.63. The third kappa shape index (κ3) is 6.45. The molecule has 1 aliphatic heterocycles. The molecular formula is C21H28N2O2. The first-order valence-corrected chi connectivity index (χ1v) is 9.31. The van der Waals surface area contributed by atoms with Crippen LogP contribution in [-0.4, -0.2) is 32.5 Å². The van der Waals surface area contributed by atoms with E-state index in [1.54, 1.807) is 0 Å². The predicted octanol–water partition coefficient (Wildman–Crippen LogP) is 2.88. The highest BCUT2D eigenvalue weighted by Crippen LogP contribution is 2.27. The molecule has 0 spiro atoms. The van der Waals surface area contributed by atoms with Gasteiger partial charge in [0.1, 0.15) is 0 Å². The molecule has 1 aromatic carbocycles. The zero-order valence-corrected chi connectivity index (χ0v) is 14.8. The van der Waals surface area contributed by atoms with Gasteiger partial charge < -0.3 is 20.5 Å². The van der Waals surface area contributed by atoms with Crippen molar-refractivity contribution in [3.8, 4) is 11.8 Å². The Labute approximate surface area is 150 Å². The van der Waals surface area contributed by atoms with Crippen LogP contribution in [0.2, 0.25) is 0 Å². The monoisotopic (exact) mass is 340 g/mol. The zero-order valence-electron chi connectivity index (χ0n) is 14.8. The molecule has 0 amide bonds. The van der Waals surface area contributed by atoms with Gasteiger partial charge >= 0.3 is 0 Å². The number of ether oxygens (including phenoxy) is 2. The fraction of sp³-hybridized carbons (Fsp3) is 0.524. The lowest BCUT2D eigenvalue weighted by Gasteiger charge is -2.22. The van der Waals surface area contributed by atoms with Crippen LogP contribution in [0.4, 0.5) is 0 Å². The van der Waals surface area contributed by atoms with Crippen molar-refractivity contribution >= 4 is 5.70 Å². The van der Waals surface area contributed by atoms with E-state index >= 15 is 0 Å². The third-order valence-corrected chi connectivity index (χ3v) is 4.44. The number of nitrogens with one attached hydrogen (secondary N) is 1. The minimum Gasteiger partial charge on any atom is -0.397 e. The summed E-state index contributed by atoms with van der Waals surface area (Å²) >= 11 is 0. The Morgan fingerprint density at radius 1 is 1.24 bits per heavy atom. The summed E-state index contributed by atoms with van der Waals surface area (Å²) in [6.07, 6.45) is 8.16. The van der Waals surface area contributed by atoms with Gasteiger partial charge in [-0.15, -0.1) is 0 Å². The molecule has 1 unspecified atom stereocenters. The van der Waals surface area contributed by atoms with Gasteiger partial charge in [0.05, 0.1) is 25.0 Å². The second kappa shape index (κ2) is 9.50. The van der Waals surface area contributed by atoms with Crippen LogP contribution in [0, 0.1) is 17.8 Å². The predicted molar refractivity (Wildman–Crippen MR) is 101 cm³/mol. The molecule has 1 aromatic rings. The van der Waals surface area contributed by atoms with E-state index in [4.69, 9.17) is 15.2 Å². The summed E-state index contributed by atoms with van der Waals surface area (Å²) in [7, 11) is 0. The van der Waals surface area contributed by atoms with E-state index in [1.165, 1.54) is 25.7 Å². The summed E-state index contributed by atoms with van der Waals surface area (Å²) < 4.78 is 11.3. The van der Waals surface area contributed by atoms with Crippen LogP contribution in [0.25, 0.3) is 5.70 Å². The van der Waals surface area contributed by atoms with Crippen LogP contribution in [0.1, 0.15) is 43.2 Å². The fourth-order valence-electron chi connectivity index (χ4n) is 2.71. The molecule has 3 N–H and O–H groups in total. The van der Waals surface area contributed by atoms with E-state index in [1.807, 2.05) is 30.5 Å². The Bertz CT molecular complexity index is 618. The summed E-state index contributed by atoms with van der Waals surface area (Å²) in [6, 6.07) is 8.08. The van der Waals surface area contributed by atoms with Crippen molar-refractivity contribution < 1.29 is 9.47 Å². The Hall–Kier alpha value is -1.96. The summed E-state index contributed by atoms with van der Waals surface area (Å²) in [5.41, 5.74) is 8.88. The standard InChI is InChI=1S/C21H28N2O2/c22-21(15-23-12-14-24-16-20-3-1-2-13-25-20)19-10-8-18(9-11-19)7-6-17-4-5-17/h8-11,15,17,20,23H,1-5,12-14,16,22H2/b21-15-. The minimum atomic E-state index is 0.274. The van der Waals surface area contributed by atoms with Gasteiger partial charge in [-0.3, -0.25) is 0 Å². The van der Waals surface area contributed by atoms with Crippen molar-refractivity contribution in [3.63, 3.8) is 0 Å². The molecule has 1 atom stereocenters.